The van der Waals surface area contributed by atoms with Crippen molar-refractivity contribution in [1.82, 2.24) is 10.2 Å². The van der Waals surface area contributed by atoms with Crippen molar-refractivity contribution >= 4 is 12.0 Å². The molecule has 0 aromatic heterocycles. The van der Waals surface area contributed by atoms with Gasteiger partial charge in [0.25, 0.3) is 0 Å². The zero-order valence-corrected chi connectivity index (χ0v) is 14.9. The quantitative estimate of drug-likeness (QED) is 0.823. The lowest BCUT2D eigenvalue weighted by molar-refractivity contribution is -0.117. The lowest BCUT2D eigenvalue weighted by Crippen LogP contribution is -2.55. The van der Waals surface area contributed by atoms with Crippen LogP contribution < -0.4 is 14.8 Å². The second-order valence-electron chi connectivity index (χ2n) is 6.87. The summed E-state index contributed by atoms with van der Waals surface area (Å²) in [4.78, 5) is 14.5. The Kier molecular flexibility index (Phi) is 5.60. The molecule has 0 spiro atoms. The molecule has 1 N–H and O–H groups in total. The SMILES string of the molecule is CC(C)(CNC(=O)/C=C/c1ccc2c(c1)OCCO2)N1CCOCC1. The molecule has 3 rings (SSSR count). The van der Waals surface area contributed by atoms with Gasteiger partial charge < -0.3 is 19.5 Å². The van der Waals surface area contributed by atoms with Gasteiger partial charge in [0.2, 0.25) is 5.91 Å². The highest BCUT2D eigenvalue weighted by molar-refractivity contribution is 5.91. The Morgan fingerprint density at radius 1 is 1.16 bits per heavy atom. The molecule has 2 heterocycles. The monoisotopic (exact) mass is 346 g/mol. The van der Waals surface area contributed by atoms with Crippen molar-refractivity contribution in [2.75, 3.05) is 46.1 Å². The van der Waals surface area contributed by atoms with E-state index in [1.165, 1.54) is 0 Å². The van der Waals surface area contributed by atoms with E-state index in [0.29, 0.717) is 19.8 Å². The molecule has 136 valence electrons. The summed E-state index contributed by atoms with van der Waals surface area (Å²) in [5.74, 6) is 1.37. The van der Waals surface area contributed by atoms with E-state index in [1.807, 2.05) is 18.2 Å². The third-order valence-electron chi connectivity index (χ3n) is 4.56. The summed E-state index contributed by atoms with van der Waals surface area (Å²) in [6, 6.07) is 5.67. The predicted molar refractivity (Wildman–Crippen MR) is 95.9 cm³/mol. The average molecular weight is 346 g/mol. The van der Waals surface area contributed by atoms with Crippen molar-refractivity contribution in [2.24, 2.45) is 0 Å². The van der Waals surface area contributed by atoms with Gasteiger partial charge in [-0.2, -0.15) is 0 Å². The molecular weight excluding hydrogens is 320 g/mol. The molecule has 1 saturated heterocycles. The number of carbonyl (C=O) groups is 1. The molecule has 1 aromatic carbocycles. The number of fused-ring (bicyclic) bond motifs is 1. The Morgan fingerprint density at radius 2 is 1.88 bits per heavy atom. The minimum absolute atomic E-state index is 0.0930. The Bertz CT molecular complexity index is 636. The van der Waals surface area contributed by atoms with Gasteiger partial charge >= 0.3 is 0 Å². The topological polar surface area (TPSA) is 60.0 Å². The Morgan fingerprint density at radius 3 is 2.64 bits per heavy atom. The minimum Gasteiger partial charge on any atom is -0.486 e. The van der Waals surface area contributed by atoms with E-state index in [9.17, 15) is 4.79 Å². The van der Waals surface area contributed by atoms with Gasteiger partial charge in [0.1, 0.15) is 13.2 Å². The van der Waals surface area contributed by atoms with Crippen LogP contribution in [0.4, 0.5) is 0 Å². The number of rotatable bonds is 5. The summed E-state index contributed by atoms with van der Waals surface area (Å²) in [5, 5.41) is 2.99. The van der Waals surface area contributed by atoms with Crippen molar-refractivity contribution in [3.8, 4) is 11.5 Å². The molecule has 0 atom stereocenters. The van der Waals surface area contributed by atoms with E-state index >= 15 is 0 Å². The van der Waals surface area contributed by atoms with E-state index in [2.05, 4.69) is 24.1 Å². The number of hydrogen-bond donors (Lipinski definition) is 1. The molecule has 0 aliphatic carbocycles. The van der Waals surface area contributed by atoms with E-state index < -0.39 is 0 Å². The van der Waals surface area contributed by atoms with E-state index in [0.717, 1.165) is 43.4 Å². The Balaban J connectivity index is 1.52. The molecule has 0 radical (unpaired) electrons. The number of carbonyl (C=O) groups excluding carboxylic acids is 1. The first-order chi connectivity index (χ1) is 12.0. The van der Waals surface area contributed by atoms with Crippen LogP contribution in [0.3, 0.4) is 0 Å². The van der Waals surface area contributed by atoms with Gasteiger partial charge in [-0.25, -0.2) is 0 Å². The second-order valence-corrected chi connectivity index (χ2v) is 6.87. The standard InChI is InChI=1S/C19H26N2O4/c1-19(2,21-7-9-23-10-8-21)14-20-18(22)6-4-15-3-5-16-17(13-15)25-12-11-24-16/h3-6,13H,7-12,14H2,1-2H3,(H,20,22)/b6-4+. The molecule has 2 aliphatic rings. The van der Waals surface area contributed by atoms with Crippen LogP contribution in [0.2, 0.25) is 0 Å². The van der Waals surface area contributed by atoms with E-state index in [1.54, 1.807) is 12.2 Å². The third kappa shape index (κ3) is 4.74. The summed E-state index contributed by atoms with van der Waals surface area (Å²) < 4.78 is 16.4. The van der Waals surface area contributed by atoms with Gasteiger partial charge in [0, 0.05) is 31.2 Å². The average Bonchev–Trinajstić information content (AvgIpc) is 2.65. The van der Waals surface area contributed by atoms with Crippen LogP contribution in [0.15, 0.2) is 24.3 Å². The smallest absolute Gasteiger partial charge is 0.244 e. The summed E-state index contributed by atoms with van der Waals surface area (Å²) >= 11 is 0. The first-order valence-corrected chi connectivity index (χ1v) is 8.73. The fraction of sp³-hybridized carbons (Fsp3) is 0.526. The zero-order chi connectivity index (χ0) is 17.7. The molecule has 0 unspecified atom stereocenters. The van der Waals surface area contributed by atoms with Crippen LogP contribution in [-0.4, -0.2) is 62.4 Å². The van der Waals surface area contributed by atoms with Crippen LogP contribution >= 0.6 is 0 Å². The first kappa shape index (κ1) is 17.8. The summed E-state index contributed by atoms with van der Waals surface area (Å²) in [5.41, 5.74) is 0.816. The van der Waals surface area contributed by atoms with Crippen LogP contribution in [0.25, 0.3) is 6.08 Å². The molecule has 6 nitrogen and oxygen atoms in total. The summed E-state index contributed by atoms with van der Waals surface area (Å²) in [6.07, 6.45) is 3.34. The normalized spacial score (nSPS) is 18.3. The lowest BCUT2D eigenvalue weighted by atomic mass is 10.0. The number of benzene rings is 1. The summed E-state index contributed by atoms with van der Waals surface area (Å²) in [7, 11) is 0. The van der Waals surface area contributed by atoms with Crippen molar-refractivity contribution in [3.63, 3.8) is 0 Å². The van der Waals surface area contributed by atoms with E-state index in [-0.39, 0.29) is 11.4 Å². The predicted octanol–water partition coefficient (Wildman–Crippen LogP) is 1.70. The van der Waals surface area contributed by atoms with E-state index in [4.69, 9.17) is 14.2 Å². The summed E-state index contributed by atoms with van der Waals surface area (Å²) in [6.45, 7) is 9.30. The zero-order valence-electron chi connectivity index (χ0n) is 14.9. The van der Waals surface area contributed by atoms with Crippen molar-refractivity contribution < 1.29 is 19.0 Å². The molecule has 1 aromatic rings. The highest BCUT2D eigenvalue weighted by atomic mass is 16.6. The molecule has 0 saturated carbocycles. The number of hydrogen-bond acceptors (Lipinski definition) is 5. The Hall–Kier alpha value is -2.05. The van der Waals surface area contributed by atoms with Gasteiger partial charge in [-0.3, -0.25) is 9.69 Å². The van der Waals surface area contributed by atoms with Crippen LogP contribution in [0, 0.1) is 0 Å². The highest BCUT2D eigenvalue weighted by Gasteiger charge is 2.28. The molecule has 1 amide bonds. The largest absolute Gasteiger partial charge is 0.486 e. The number of amides is 1. The van der Waals surface area contributed by atoms with Crippen molar-refractivity contribution in [1.29, 1.82) is 0 Å². The van der Waals surface area contributed by atoms with Crippen LogP contribution in [0.5, 0.6) is 11.5 Å². The van der Waals surface area contributed by atoms with Gasteiger partial charge in [-0.05, 0) is 37.6 Å². The van der Waals surface area contributed by atoms with Crippen molar-refractivity contribution in [3.05, 3.63) is 29.8 Å². The maximum Gasteiger partial charge on any atom is 0.244 e. The van der Waals surface area contributed by atoms with Gasteiger partial charge in [0.15, 0.2) is 11.5 Å². The molecular formula is C19H26N2O4. The fourth-order valence-electron chi connectivity index (χ4n) is 2.98. The van der Waals surface area contributed by atoms with Crippen LogP contribution in [0.1, 0.15) is 19.4 Å². The molecule has 0 bridgehead atoms. The molecule has 1 fully saturated rings. The second kappa shape index (κ2) is 7.89. The first-order valence-electron chi connectivity index (χ1n) is 8.73. The highest BCUT2D eigenvalue weighted by Crippen LogP contribution is 2.31. The van der Waals surface area contributed by atoms with Gasteiger partial charge in [0.05, 0.1) is 13.2 Å². The maximum absolute atomic E-state index is 12.1. The van der Waals surface area contributed by atoms with Gasteiger partial charge in [-0.15, -0.1) is 0 Å². The molecule has 25 heavy (non-hydrogen) atoms. The third-order valence-corrected chi connectivity index (χ3v) is 4.56. The number of ether oxygens (including phenoxy) is 3. The number of nitrogens with one attached hydrogen (secondary N) is 1. The van der Waals surface area contributed by atoms with Gasteiger partial charge in [-0.1, -0.05) is 6.07 Å². The minimum atomic E-state index is -0.101. The van der Waals surface area contributed by atoms with Crippen LogP contribution in [-0.2, 0) is 9.53 Å². The molecule has 6 heteroatoms. The lowest BCUT2D eigenvalue weighted by Gasteiger charge is -2.40. The number of morpholine rings is 1. The fourth-order valence-corrected chi connectivity index (χ4v) is 2.98. The Labute approximate surface area is 148 Å². The molecule has 2 aliphatic heterocycles. The van der Waals surface area contributed by atoms with Crippen molar-refractivity contribution in [2.45, 2.75) is 19.4 Å². The maximum atomic E-state index is 12.1. The number of nitrogens with zero attached hydrogens (tertiary/aromatic N) is 1.